The van der Waals surface area contributed by atoms with E-state index in [2.05, 4.69) is 21.4 Å². The summed E-state index contributed by atoms with van der Waals surface area (Å²) in [5.41, 5.74) is 2.55. The summed E-state index contributed by atoms with van der Waals surface area (Å²) in [5, 5.41) is 3.35. The van der Waals surface area contributed by atoms with Crippen LogP contribution in [0.5, 0.6) is 5.75 Å². The Hall–Kier alpha value is -1.98. The number of aromatic nitrogens is 2. The van der Waals surface area contributed by atoms with E-state index in [9.17, 15) is 0 Å². The summed E-state index contributed by atoms with van der Waals surface area (Å²) in [7, 11) is 0. The highest BCUT2D eigenvalue weighted by molar-refractivity contribution is 5.30. The molecule has 5 nitrogen and oxygen atoms in total. The molecule has 0 amide bonds. The van der Waals surface area contributed by atoms with Crippen LogP contribution in [0.3, 0.4) is 0 Å². The summed E-state index contributed by atoms with van der Waals surface area (Å²) in [5.74, 6) is 2.07. The van der Waals surface area contributed by atoms with Gasteiger partial charge in [0.15, 0.2) is 0 Å². The zero-order chi connectivity index (χ0) is 16.9. The molecule has 132 valence electrons. The second kappa shape index (κ2) is 7.93. The summed E-state index contributed by atoms with van der Waals surface area (Å²) in [4.78, 5) is 8.38. The first-order valence-corrected chi connectivity index (χ1v) is 9.16. The smallest absolute Gasteiger partial charge is 0.137 e. The summed E-state index contributed by atoms with van der Waals surface area (Å²) in [6.45, 7) is 3.43. The van der Waals surface area contributed by atoms with Gasteiger partial charge in [0, 0.05) is 24.6 Å². The highest BCUT2D eigenvalue weighted by Crippen LogP contribution is 2.47. The first-order valence-electron chi connectivity index (χ1n) is 9.16. The van der Waals surface area contributed by atoms with Gasteiger partial charge in [0.25, 0.3) is 0 Å². The number of rotatable bonds is 9. The molecule has 1 saturated heterocycles. The molecule has 1 N–H and O–H groups in total. The standard InChI is InChI=1S/C20H25N3O2/c1-5-21-6-2-15(1)4-8-24-13-17-10-20(17)16-9-19(12-22-11-16)25-14-18-3-7-23-18/h1-2,5-6,9,11-12,17-18,20,23H,3-4,7-8,10,13-14H2. The minimum Gasteiger partial charge on any atom is -0.490 e. The van der Waals surface area contributed by atoms with E-state index in [1.165, 1.54) is 24.0 Å². The second-order valence-corrected chi connectivity index (χ2v) is 6.99. The van der Waals surface area contributed by atoms with Gasteiger partial charge in [-0.25, -0.2) is 0 Å². The molecule has 0 spiro atoms. The predicted octanol–water partition coefficient (Wildman–Crippen LogP) is 2.58. The van der Waals surface area contributed by atoms with Gasteiger partial charge >= 0.3 is 0 Å². The lowest BCUT2D eigenvalue weighted by molar-refractivity contribution is 0.126. The van der Waals surface area contributed by atoms with Gasteiger partial charge in [0.2, 0.25) is 0 Å². The third kappa shape index (κ3) is 4.55. The maximum atomic E-state index is 5.86. The van der Waals surface area contributed by atoms with Crippen LogP contribution in [0.4, 0.5) is 0 Å². The van der Waals surface area contributed by atoms with Gasteiger partial charge in [-0.3, -0.25) is 9.97 Å². The van der Waals surface area contributed by atoms with Gasteiger partial charge in [-0.1, -0.05) is 0 Å². The van der Waals surface area contributed by atoms with E-state index in [0.717, 1.165) is 38.5 Å². The fourth-order valence-electron chi connectivity index (χ4n) is 3.22. The molecule has 25 heavy (non-hydrogen) atoms. The maximum absolute atomic E-state index is 5.86. The van der Waals surface area contributed by atoms with Crippen LogP contribution in [0.15, 0.2) is 43.0 Å². The molecule has 5 heteroatoms. The summed E-state index contributed by atoms with van der Waals surface area (Å²) in [6, 6.07) is 6.73. The zero-order valence-corrected chi connectivity index (χ0v) is 14.4. The highest BCUT2D eigenvalue weighted by atomic mass is 16.5. The average Bonchev–Trinajstić information content (AvgIpc) is 3.38. The Kier molecular flexibility index (Phi) is 5.23. The Morgan fingerprint density at radius 3 is 2.80 bits per heavy atom. The first kappa shape index (κ1) is 16.5. The average molecular weight is 339 g/mol. The molecule has 3 unspecified atom stereocenters. The summed E-state index contributed by atoms with van der Waals surface area (Å²) >= 11 is 0. The van der Waals surface area contributed by atoms with Crippen molar-refractivity contribution in [3.8, 4) is 5.75 Å². The topological polar surface area (TPSA) is 56.3 Å². The Bertz CT molecular complexity index is 676. The molecular formula is C20H25N3O2. The van der Waals surface area contributed by atoms with E-state index < -0.39 is 0 Å². The molecule has 3 atom stereocenters. The number of hydrogen-bond donors (Lipinski definition) is 1. The quantitative estimate of drug-likeness (QED) is 0.712. The van der Waals surface area contributed by atoms with Crippen molar-refractivity contribution in [3.05, 3.63) is 54.1 Å². The van der Waals surface area contributed by atoms with E-state index in [0.29, 0.717) is 17.9 Å². The minimum atomic E-state index is 0.506. The molecule has 1 aliphatic heterocycles. The van der Waals surface area contributed by atoms with Gasteiger partial charge in [-0.2, -0.15) is 0 Å². The van der Waals surface area contributed by atoms with Crippen molar-refractivity contribution >= 4 is 0 Å². The van der Waals surface area contributed by atoms with Crippen LogP contribution in [0.2, 0.25) is 0 Å². The van der Waals surface area contributed by atoms with Crippen molar-refractivity contribution in [3.63, 3.8) is 0 Å². The summed E-state index contributed by atoms with van der Waals surface area (Å²) < 4.78 is 11.7. The molecule has 2 aromatic rings. The molecular weight excluding hydrogens is 314 g/mol. The molecule has 0 radical (unpaired) electrons. The molecule has 4 rings (SSSR count). The number of ether oxygens (including phenoxy) is 2. The van der Waals surface area contributed by atoms with Crippen molar-refractivity contribution in [1.29, 1.82) is 0 Å². The number of nitrogens with one attached hydrogen (secondary N) is 1. The van der Waals surface area contributed by atoms with E-state index in [1.54, 1.807) is 0 Å². The molecule has 2 aliphatic rings. The van der Waals surface area contributed by atoms with Crippen LogP contribution >= 0.6 is 0 Å². The third-order valence-corrected chi connectivity index (χ3v) is 5.08. The van der Waals surface area contributed by atoms with Crippen molar-refractivity contribution in [2.75, 3.05) is 26.4 Å². The van der Waals surface area contributed by atoms with E-state index >= 15 is 0 Å². The lowest BCUT2D eigenvalue weighted by atomic mass is 10.1. The lowest BCUT2D eigenvalue weighted by Crippen LogP contribution is -2.46. The number of nitrogens with zero attached hydrogens (tertiary/aromatic N) is 2. The third-order valence-electron chi connectivity index (χ3n) is 5.08. The largest absolute Gasteiger partial charge is 0.490 e. The van der Waals surface area contributed by atoms with E-state index in [-0.39, 0.29) is 0 Å². The Morgan fingerprint density at radius 2 is 2.00 bits per heavy atom. The van der Waals surface area contributed by atoms with Crippen LogP contribution in [0.25, 0.3) is 0 Å². The Morgan fingerprint density at radius 1 is 1.12 bits per heavy atom. The van der Waals surface area contributed by atoms with Gasteiger partial charge in [0.05, 0.1) is 19.4 Å². The zero-order valence-electron chi connectivity index (χ0n) is 14.4. The summed E-state index contributed by atoms with van der Waals surface area (Å²) in [6.07, 6.45) is 10.8. The SMILES string of the molecule is c1cc(CCOCC2CC2c2cncc(OCC3CCN3)c2)ccn1. The Labute approximate surface area is 148 Å². The van der Waals surface area contributed by atoms with E-state index in [1.807, 2.05) is 36.9 Å². The van der Waals surface area contributed by atoms with Crippen molar-refractivity contribution in [2.24, 2.45) is 5.92 Å². The van der Waals surface area contributed by atoms with Crippen LogP contribution in [0, 0.1) is 5.92 Å². The van der Waals surface area contributed by atoms with Crippen LogP contribution in [-0.4, -0.2) is 42.4 Å². The van der Waals surface area contributed by atoms with Crippen LogP contribution in [0.1, 0.15) is 29.9 Å². The minimum absolute atomic E-state index is 0.506. The molecule has 3 heterocycles. The fourth-order valence-corrected chi connectivity index (χ4v) is 3.22. The van der Waals surface area contributed by atoms with Crippen molar-refractivity contribution in [1.82, 2.24) is 15.3 Å². The number of hydrogen-bond acceptors (Lipinski definition) is 5. The second-order valence-electron chi connectivity index (χ2n) is 6.99. The molecule has 1 aliphatic carbocycles. The van der Waals surface area contributed by atoms with Gasteiger partial charge < -0.3 is 14.8 Å². The normalized spacial score (nSPS) is 24.6. The first-order chi connectivity index (χ1) is 12.4. The van der Waals surface area contributed by atoms with Crippen LogP contribution in [-0.2, 0) is 11.2 Å². The van der Waals surface area contributed by atoms with Crippen LogP contribution < -0.4 is 10.1 Å². The molecule has 2 fully saturated rings. The molecule has 1 saturated carbocycles. The fraction of sp³-hybridized carbons (Fsp3) is 0.500. The Balaban J connectivity index is 1.18. The molecule has 2 aromatic heterocycles. The van der Waals surface area contributed by atoms with E-state index in [4.69, 9.17) is 9.47 Å². The van der Waals surface area contributed by atoms with Gasteiger partial charge in [-0.05, 0) is 67.0 Å². The van der Waals surface area contributed by atoms with Gasteiger partial charge in [0.1, 0.15) is 12.4 Å². The van der Waals surface area contributed by atoms with Gasteiger partial charge in [-0.15, -0.1) is 0 Å². The molecule has 0 aromatic carbocycles. The monoisotopic (exact) mass is 339 g/mol. The van der Waals surface area contributed by atoms with Crippen molar-refractivity contribution < 1.29 is 9.47 Å². The predicted molar refractivity (Wildman–Crippen MR) is 95.7 cm³/mol. The molecule has 0 bridgehead atoms. The van der Waals surface area contributed by atoms with Crippen molar-refractivity contribution in [2.45, 2.75) is 31.2 Å². The highest BCUT2D eigenvalue weighted by Gasteiger charge is 2.38. The lowest BCUT2D eigenvalue weighted by Gasteiger charge is -2.27. The maximum Gasteiger partial charge on any atom is 0.137 e. The number of pyridine rings is 2.